The minimum Gasteiger partial charge on any atom is -0.368 e. The van der Waals surface area contributed by atoms with Crippen LogP contribution < -0.4 is 16.8 Å². The molecule has 1 aromatic carbocycles. The van der Waals surface area contributed by atoms with Gasteiger partial charge in [0.1, 0.15) is 12.1 Å². The molecule has 2 amide bonds. The summed E-state index contributed by atoms with van der Waals surface area (Å²) in [5.41, 5.74) is 11.4. The number of primary amides is 1. The van der Waals surface area contributed by atoms with E-state index in [1.807, 2.05) is 6.07 Å². The molecule has 0 aliphatic carbocycles. The third kappa shape index (κ3) is 3.06. The Morgan fingerprint density at radius 1 is 1.25 bits per heavy atom. The zero-order valence-electron chi connectivity index (χ0n) is 9.01. The molecule has 1 rings (SSSR count). The molecule has 16 heavy (non-hydrogen) atoms. The molecule has 0 bridgehead atoms. The average Bonchev–Trinajstić information content (AvgIpc) is 2.28. The molecule has 0 aliphatic rings. The number of amides is 2. The molecule has 5 nitrogen and oxygen atoms in total. The van der Waals surface area contributed by atoms with Crippen LogP contribution in [0.4, 0.5) is 0 Å². The van der Waals surface area contributed by atoms with Gasteiger partial charge in [-0.1, -0.05) is 30.3 Å². The highest BCUT2D eigenvalue weighted by atomic mass is 16.2. The van der Waals surface area contributed by atoms with Crippen molar-refractivity contribution < 1.29 is 9.59 Å². The maximum Gasteiger partial charge on any atom is 0.242 e. The van der Waals surface area contributed by atoms with Crippen molar-refractivity contribution in [3.8, 4) is 0 Å². The van der Waals surface area contributed by atoms with Crippen LogP contribution in [0.1, 0.15) is 18.5 Å². The van der Waals surface area contributed by atoms with Crippen molar-refractivity contribution in [2.45, 2.75) is 19.0 Å². The van der Waals surface area contributed by atoms with Crippen LogP contribution in [0.15, 0.2) is 30.3 Å². The molecule has 0 radical (unpaired) electrons. The van der Waals surface area contributed by atoms with Gasteiger partial charge in [0.15, 0.2) is 0 Å². The molecule has 0 spiro atoms. The topological polar surface area (TPSA) is 98.2 Å². The molecule has 1 unspecified atom stereocenters. The quantitative estimate of drug-likeness (QED) is 0.649. The van der Waals surface area contributed by atoms with E-state index in [0.717, 1.165) is 0 Å². The molecular weight excluding hydrogens is 206 g/mol. The summed E-state index contributed by atoms with van der Waals surface area (Å²) in [6, 6.07) is 7.41. The van der Waals surface area contributed by atoms with Gasteiger partial charge in [0.25, 0.3) is 0 Å². The van der Waals surface area contributed by atoms with Gasteiger partial charge in [-0.25, -0.2) is 0 Å². The lowest BCUT2D eigenvalue weighted by Gasteiger charge is -2.15. The van der Waals surface area contributed by atoms with Crippen molar-refractivity contribution in [3.05, 3.63) is 35.9 Å². The smallest absolute Gasteiger partial charge is 0.242 e. The summed E-state index contributed by atoms with van der Waals surface area (Å²) in [6.45, 7) is 1.51. The van der Waals surface area contributed by atoms with E-state index in [1.54, 1.807) is 24.3 Å². The van der Waals surface area contributed by atoms with Crippen LogP contribution in [-0.4, -0.2) is 17.9 Å². The number of hydrogen-bond donors (Lipinski definition) is 3. The highest BCUT2D eigenvalue weighted by Gasteiger charge is 2.19. The number of rotatable bonds is 4. The first-order valence-corrected chi connectivity index (χ1v) is 4.92. The van der Waals surface area contributed by atoms with Crippen molar-refractivity contribution >= 4 is 11.8 Å². The predicted molar refractivity (Wildman–Crippen MR) is 60.2 cm³/mol. The monoisotopic (exact) mass is 221 g/mol. The highest BCUT2D eigenvalue weighted by Crippen LogP contribution is 2.09. The van der Waals surface area contributed by atoms with E-state index in [1.165, 1.54) is 6.92 Å². The molecule has 1 aromatic rings. The van der Waals surface area contributed by atoms with Crippen molar-refractivity contribution in [3.63, 3.8) is 0 Å². The maximum atomic E-state index is 11.6. The molecule has 5 N–H and O–H groups in total. The van der Waals surface area contributed by atoms with Crippen LogP contribution in [0.3, 0.4) is 0 Å². The summed E-state index contributed by atoms with van der Waals surface area (Å²) in [5.74, 6) is -1.01. The number of carbonyl (C=O) groups is 2. The summed E-state index contributed by atoms with van der Waals surface area (Å²) in [4.78, 5) is 22.4. The molecule has 5 heteroatoms. The van der Waals surface area contributed by atoms with Gasteiger partial charge in [-0.3, -0.25) is 9.59 Å². The standard InChI is InChI=1S/C11H15N3O2/c1-7(10(13)15)14-11(16)9(12)8-5-3-2-4-6-8/h2-7,9H,12H2,1H3,(H2,13,15)(H,14,16)/t7-,9?/m0/s1. The maximum absolute atomic E-state index is 11.6. The lowest BCUT2D eigenvalue weighted by Crippen LogP contribution is -2.45. The largest absolute Gasteiger partial charge is 0.368 e. The van der Waals surface area contributed by atoms with Crippen LogP contribution in [-0.2, 0) is 9.59 Å². The molecular formula is C11H15N3O2. The molecule has 2 atom stereocenters. The van der Waals surface area contributed by atoms with E-state index in [0.29, 0.717) is 5.56 Å². The molecule has 0 heterocycles. The van der Waals surface area contributed by atoms with Crippen molar-refractivity contribution in [2.75, 3.05) is 0 Å². The normalized spacial score (nSPS) is 13.9. The second kappa shape index (κ2) is 5.27. The highest BCUT2D eigenvalue weighted by molar-refractivity contribution is 5.89. The zero-order valence-corrected chi connectivity index (χ0v) is 9.01. The summed E-state index contributed by atoms with van der Waals surface area (Å²) in [6.07, 6.45) is 0. The van der Waals surface area contributed by atoms with Gasteiger partial charge in [0.2, 0.25) is 11.8 Å². The molecule has 0 aliphatic heterocycles. The summed E-state index contributed by atoms with van der Waals surface area (Å²) in [7, 11) is 0. The average molecular weight is 221 g/mol. The van der Waals surface area contributed by atoms with E-state index < -0.39 is 23.9 Å². The van der Waals surface area contributed by atoms with E-state index in [9.17, 15) is 9.59 Å². The van der Waals surface area contributed by atoms with Gasteiger partial charge in [-0.05, 0) is 12.5 Å². The van der Waals surface area contributed by atoms with E-state index >= 15 is 0 Å². The Balaban J connectivity index is 2.65. The minimum absolute atomic E-state index is 0.419. The molecule has 0 saturated heterocycles. The lowest BCUT2D eigenvalue weighted by molar-refractivity contribution is -0.127. The van der Waals surface area contributed by atoms with Crippen LogP contribution in [0.2, 0.25) is 0 Å². The summed E-state index contributed by atoms with van der Waals surface area (Å²) in [5, 5.41) is 2.44. The number of carbonyl (C=O) groups excluding carboxylic acids is 2. The summed E-state index contributed by atoms with van der Waals surface area (Å²) < 4.78 is 0. The molecule has 0 saturated carbocycles. The first kappa shape index (κ1) is 12.2. The fraction of sp³-hybridized carbons (Fsp3) is 0.273. The number of benzene rings is 1. The van der Waals surface area contributed by atoms with Crippen LogP contribution in [0, 0.1) is 0 Å². The number of hydrogen-bond acceptors (Lipinski definition) is 3. The third-order valence-corrected chi connectivity index (χ3v) is 2.23. The first-order chi connectivity index (χ1) is 7.52. The van der Waals surface area contributed by atoms with Crippen LogP contribution >= 0.6 is 0 Å². The van der Waals surface area contributed by atoms with E-state index in [2.05, 4.69) is 5.32 Å². The van der Waals surface area contributed by atoms with Crippen LogP contribution in [0.25, 0.3) is 0 Å². The molecule has 0 aromatic heterocycles. The van der Waals surface area contributed by atoms with Gasteiger partial charge < -0.3 is 16.8 Å². The second-order valence-electron chi connectivity index (χ2n) is 3.52. The van der Waals surface area contributed by atoms with Crippen molar-refractivity contribution in [1.82, 2.24) is 5.32 Å². The predicted octanol–water partition coefficient (Wildman–Crippen LogP) is -0.324. The van der Waals surface area contributed by atoms with Crippen LogP contribution in [0.5, 0.6) is 0 Å². The van der Waals surface area contributed by atoms with E-state index in [-0.39, 0.29) is 0 Å². The third-order valence-electron chi connectivity index (χ3n) is 2.23. The van der Waals surface area contributed by atoms with Gasteiger partial charge in [-0.2, -0.15) is 0 Å². The Hall–Kier alpha value is -1.88. The van der Waals surface area contributed by atoms with Crippen molar-refractivity contribution in [2.24, 2.45) is 11.5 Å². The Bertz CT molecular complexity index is 378. The lowest BCUT2D eigenvalue weighted by atomic mass is 10.1. The Kier molecular flexibility index (Phi) is 4.02. The Morgan fingerprint density at radius 3 is 2.31 bits per heavy atom. The molecule has 86 valence electrons. The SMILES string of the molecule is C[C@H](NC(=O)C(N)c1ccccc1)C(N)=O. The zero-order chi connectivity index (χ0) is 12.1. The Morgan fingerprint density at radius 2 is 1.81 bits per heavy atom. The van der Waals surface area contributed by atoms with Crippen molar-refractivity contribution in [1.29, 1.82) is 0 Å². The number of nitrogens with one attached hydrogen (secondary N) is 1. The van der Waals surface area contributed by atoms with E-state index in [4.69, 9.17) is 11.5 Å². The van der Waals surface area contributed by atoms with Gasteiger partial charge >= 0.3 is 0 Å². The second-order valence-corrected chi connectivity index (χ2v) is 3.52. The fourth-order valence-corrected chi connectivity index (χ4v) is 1.19. The van der Waals surface area contributed by atoms with Gasteiger partial charge in [0.05, 0.1) is 0 Å². The Labute approximate surface area is 93.8 Å². The number of nitrogens with two attached hydrogens (primary N) is 2. The fourth-order valence-electron chi connectivity index (χ4n) is 1.19. The minimum atomic E-state index is -0.789. The van der Waals surface area contributed by atoms with Gasteiger partial charge in [0, 0.05) is 0 Å². The summed E-state index contributed by atoms with van der Waals surface area (Å²) >= 11 is 0. The van der Waals surface area contributed by atoms with Gasteiger partial charge in [-0.15, -0.1) is 0 Å². The molecule has 0 fully saturated rings. The first-order valence-electron chi connectivity index (χ1n) is 4.92.